The fourth-order valence-corrected chi connectivity index (χ4v) is 10.1. The van der Waals surface area contributed by atoms with Crippen molar-refractivity contribution in [2.45, 2.75) is 321 Å². The first kappa shape index (κ1) is 69.0. The molecule has 0 bridgehead atoms. The summed E-state index contributed by atoms with van der Waals surface area (Å²) in [6.45, 7) is 4.76. The van der Waals surface area contributed by atoms with Gasteiger partial charge in [-0.25, -0.2) is 0 Å². The maximum atomic E-state index is 13.0. The van der Waals surface area contributed by atoms with Crippen molar-refractivity contribution >= 4 is 13.7 Å². The van der Waals surface area contributed by atoms with Gasteiger partial charge in [0.2, 0.25) is 5.91 Å². The molecule has 3 atom stereocenters. The molecule has 0 aliphatic carbocycles. The summed E-state index contributed by atoms with van der Waals surface area (Å²) < 4.78 is 23.5. The number of likely N-dealkylation sites (N-methyl/N-ethyl adjacent to an activating group) is 1. The third-order valence-corrected chi connectivity index (χ3v) is 15.2. The zero-order valence-electron chi connectivity index (χ0n) is 47.5. The molecule has 0 saturated heterocycles. The van der Waals surface area contributed by atoms with Gasteiger partial charge < -0.3 is 28.8 Å². The lowest BCUT2D eigenvalue weighted by Crippen LogP contribution is -2.46. The van der Waals surface area contributed by atoms with Crippen LogP contribution in [0.1, 0.15) is 309 Å². The highest BCUT2D eigenvalue weighted by molar-refractivity contribution is 7.45. The van der Waals surface area contributed by atoms with Gasteiger partial charge in [0.1, 0.15) is 13.2 Å². The third kappa shape index (κ3) is 54.7. The minimum atomic E-state index is -4.57. The number of rotatable bonds is 57. The average Bonchev–Trinajstić information content (AvgIpc) is 3.32. The molecule has 416 valence electrons. The molecule has 0 aromatic carbocycles. The topological polar surface area (TPSA) is 108 Å². The zero-order chi connectivity index (χ0) is 51.3. The van der Waals surface area contributed by atoms with Crippen LogP contribution < -0.4 is 10.2 Å². The normalized spacial score (nSPS) is 14.0. The van der Waals surface area contributed by atoms with E-state index in [2.05, 4.69) is 43.5 Å². The lowest BCUT2D eigenvalue weighted by atomic mass is 10.0. The van der Waals surface area contributed by atoms with E-state index in [0.29, 0.717) is 23.9 Å². The highest BCUT2D eigenvalue weighted by atomic mass is 31.2. The van der Waals surface area contributed by atoms with Gasteiger partial charge in [-0.3, -0.25) is 9.36 Å². The van der Waals surface area contributed by atoms with Crippen LogP contribution >= 0.6 is 7.82 Å². The van der Waals surface area contributed by atoms with Gasteiger partial charge in [0.05, 0.1) is 39.9 Å². The number of unbranched alkanes of at least 4 members (excludes halogenated alkanes) is 40. The highest BCUT2D eigenvalue weighted by Crippen LogP contribution is 2.38. The van der Waals surface area contributed by atoms with Gasteiger partial charge in [-0.1, -0.05) is 282 Å². The van der Waals surface area contributed by atoms with E-state index >= 15 is 0 Å². The number of hydrogen-bond donors (Lipinski definition) is 2. The smallest absolute Gasteiger partial charge is 0.268 e. The van der Waals surface area contributed by atoms with Crippen molar-refractivity contribution in [3.05, 3.63) is 24.3 Å². The lowest BCUT2D eigenvalue weighted by Gasteiger charge is -2.30. The Morgan fingerprint density at radius 2 is 0.829 bits per heavy atom. The molecule has 0 aliphatic heterocycles. The Hall–Kier alpha value is -1.02. The Bertz CT molecular complexity index is 1190. The van der Waals surface area contributed by atoms with E-state index in [1.54, 1.807) is 0 Å². The fourth-order valence-electron chi connectivity index (χ4n) is 9.37. The second kappa shape index (κ2) is 52.8. The van der Waals surface area contributed by atoms with E-state index in [-0.39, 0.29) is 19.1 Å². The summed E-state index contributed by atoms with van der Waals surface area (Å²) in [4.78, 5) is 25.6. The molecule has 9 heteroatoms. The van der Waals surface area contributed by atoms with E-state index < -0.39 is 20.0 Å². The van der Waals surface area contributed by atoms with Crippen molar-refractivity contribution in [3.63, 3.8) is 0 Å². The number of phosphoric acid groups is 1. The van der Waals surface area contributed by atoms with E-state index in [1.165, 1.54) is 238 Å². The van der Waals surface area contributed by atoms with Gasteiger partial charge in [-0.2, -0.15) is 0 Å². The van der Waals surface area contributed by atoms with Gasteiger partial charge in [0.15, 0.2) is 0 Å². The minimum Gasteiger partial charge on any atom is -0.756 e. The molecule has 0 aromatic heterocycles. The predicted molar refractivity (Wildman–Crippen MR) is 302 cm³/mol. The van der Waals surface area contributed by atoms with Crippen molar-refractivity contribution < 1.29 is 32.9 Å². The molecule has 0 radical (unpaired) electrons. The Morgan fingerprint density at radius 3 is 1.19 bits per heavy atom. The minimum absolute atomic E-state index is 0.0138. The fraction of sp³-hybridized carbons (Fsp3) is 0.918. The quantitative estimate of drug-likeness (QED) is 0.0272. The molecule has 2 N–H and O–H groups in total. The van der Waals surface area contributed by atoms with Crippen LogP contribution in [-0.4, -0.2) is 68.5 Å². The molecule has 8 nitrogen and oxygen atoms in total. The number of hydrogen-bond acceptors (Lipinski definition) is 6. The van der Waals surface area contributed by atoms with E-state index in [9.17, 15) is 19.4 Å². The molecule has 0 heterocycles. The zero-order valence-corrected chi connectivity index (χ0v) is 48.4. The number of allylic oxidation sites excluding steroid dienone is 4. The molecular formula is C61H121N2O6P. The monoisotopic (exact) mass is 1010 g/mol. The SMILES string of the molecule is CCCCCCC/C=C\C/C=C\CCCCCCCCCCCCCCCC(=O)NC(COP(=O)([O-])OCC[N+](C)(C)C)C(O)CCCCCCCCCCCCCCCCCCCCCCCCC. The van der Waals surface area contributed by atoms with Crippen LogP contribution in [-0.2, 0) is 18.4 Å². The maximum Gasteiger partial charge on any atom is 0.268 e. The van der Waals surface area contributed by atoms with Crippen molar-refractivity contribution in [2.75, 3.05) is 40.9 Å². The third-order valence-electron chi connectivity index (χ3n) is 14.2. The second-order valence-electron chi connectivity index (χ2n) is 22.4. The van der Waals surface area contributed by atoms with Crippen molar-refractivity contribution in [2.24, 2.45) is 0 Å². The summed E-state index contributed by atoms with van der Waals surface area (Å²) >= 11 is 0. The van der Waals surface area contributed by atoms with E-state index in [0.717, 1.165) is 44.9 Å². The molecular weight excluding hydrogens is 888 g/mol. The Morgan fingerprint density at radius 1 is 0.500 bits per heavy atom. The van der Waals surface area contributed by atoms with E-state index in [1.807, 2.05) is 21.1 Å². The number of amides is 1. The summed E-state index contributed by atoms with van der Waals surface area (Å²) in [6, 6.07) is -0.800. The number of nitrogens with one attached hydrogen (secondary N) is 1. The van der Waals surface area contributed by atoms with Crippen LogP contribution in [0.3, 0.4) is 0 Å². The molecule has 0 aromatic rings. The number of carbonyl (C=O) groups is 1. The van der Waals surface area contributed by atoms with Gasteiger partial charge in [0, 0.05) is 6.42 Å². The molecule has 0 saturated carbocycles. The van der Waals surface area contributed by atoms with Gasteiger partial charge >= 0.3 is 0 Å². The van der Waals surface area contributed by atoms with Crippen LogP contribution in [0.15, 0.2) is 24.3 Å². The Balaban J connectivity index is 4.11. The summed E-state index contributed by atoms with van der Waals surface area (Å²) in [5.74, 6) is -0.161. The molecule has 0 spiro atoms. The second-order valence-corrected chi connectivity index (χ2v) is 23.8. The van der Waals surface area contributed by atoms with Gasteiger partial charge in [-0.05, 0) is 44.9 Å². The molecule has 70 heavy (non-hydrogen) atoms. The van der Waals surface area contributed by atoms with Crippen LogP contribution in [0.4, 0.5) is 0 Å². The van der Waals surface area contributed by atoms with Crippen molar-refractivity contribution in [1.82, 2.24) is 5.32 Å². The molecule has 0 rings (SSSR count). The number of aliphatic hydroxyl groups excluding tert-OH is 1. The Labute approximate surface area is 436 Å². The number of phosphoric ester groups is 1. The standard InChI is InChI=1S/C61H121N2O6P/c1-6-8-10-12-14-16-18-20-22-24-26-28-30-31-33-35-37-39-41-43-45-47-49-51-53-55-61(65)62-59(58-69-70(66,67)68-57-56-63(3,4)5)60(64)54-52-50-48-46-44-42-40-38-36-34-32-29-27-25-23-21-19-17-15-13-11-9-7-2/h18,20,24,26,59-60,64H,6-17,19,21-23,25,27-58H2,1-5H3,(H-,62,65,66,67)/b20-18-,26-24-. The molecule has 1 amide bonds. The summed E-state index contributed by atoms with van der Waals surface area (Å²) in [5.41, 5.74) is 0. The largest absolute Gasteiger partial charge is 0.756 e. The number of carbonyl (C=O) groups excluding carboxylic acids is 1. The van der Waals surface area contributed by atoms with Gasteiger partial charge in [-0.15, -0.1) is 0 Å². The predicted octanol–water partition coefficient (Wildman–Crippen LogP) is 18.1. The van der Waals surface area contributed by atoms with Crippen molar-refractivity contribution in [1.29, 1.82) is 0 Å². The first-order chi connectivity index (χ1) is 34.0. The van der Waals surface area contributed by atoms with Crippen LogP contribution in [0.25, 0.3) is 0 Å². The first-order valence-electron chi connectivity index (χ1n) is 30.7. The van der Waals surface area contributed by atoms with Crippen LogP contribution in [0.5, 0.6) is 0 Å². The number of quaternary nitrogens is 1. The molecule has 0 aliphatic rings. The summed E-state index contributed by atoms with van der Waals surface area (Å²) in [7, 11) is 1.32. The number of aliphatic hydroxyl groups is 1. The summed E-state index contributed by atoms with van der Waals surface area (Å²) in [5, 5.41) is 14.1. The van der Waals surface area contributed by atoms with E-state index in [4.69, 9.17) is 9.05 Å². The Kier molecular flexibility index (Phi) is 52.1. The average molecular weight is 1010 g/mol. The van der Waals surface area contributed by atoms with Gasteiger partial charge in [0.25, 0.3) is 7.82 Å². The highest BCUT2D eigenvalue weighted by Gasteiger charge is 2.24. The first-order valence-corrected chi connectivity index (χ1v) is 32.1. The van der Waals surface area contributed by atoms with Crippen molar-refractivity contribution in [3.8, 4) is 0 Å². The summed E-state index contributed by atoms with van der Waals surface area (Å²) in [6.07, 6.45) is 66.4. The lowest BCUT2D eigenvalue weighted by molar-refractivity contribution is -0.870. The van der Waals surface area contributed by atoms with Crippen LogP contribution in [0.2, 0.25) is 0 Å². The maximum absolute atomic E-state index is 13.0. The molecule has 0 fully saturated rings. The molecule has 3 unspecified atom stereocenters. The number of nitrogens with zero attached hydrogens (tertiary/aromatic N) is 1. The van der Waals surface area contributed by atoms with Crippen LogP contribution in [0, 0.1) is 0 Å².